The summed E-state index contributed by atoms with van der Waals surface area (Å²) in [7, 11) is -6.39. The standard InChI is InChI=1S/C22H22N2O6S2/c1-16-8-9-18(22(25)26)14-21(16)31(27,28)23-19-10-12-20(13-11-19)32(29,30)24(2)15-17-6-4-3-5-7-17/h3-14,23H,15H2,1-2H3,(H,25,26). The van der Waals surface area contributed by atoms with Crippen LogP contribution in [0.5, 0.6) is 0 Å². The molecule has 2 N–H and O–H groups in total. The van der Waals surface area contributed by atoms with Crippen LogP contribution in [0.2, 0.25) is 0 Å². The average Bonchev–Trinajstić information content (AvgIpc) is 2.74. The summed E-state index contributed by atoms with van der Waals surface area (Å²) in [5, 5.41) is 9.12. The summed E-state index contributed by atoms with van der Waals surface area (Å²) in [4.78, 5) is 11.0. The summed E-state index contributed by atoms with van der Waals surface area (Å²) < 4.78 is 54.8. The van der Waals surface area contributed by atoms with E-state index in [0.29, 0.717) is 5.56 Å². The molecule has 32 heavy (non-hydrogen) atoms. The van der Waals surface area contributed by atoms with Gasteiger partial charge in [0, 0.05) is 19.3 Å². The van der Waals surface area contributed by atoms with Gasteiger partial charge < -0.3 is 5.11 Å². The molecule has 0 radical (unpaired) electrons. The number of rotatable bonds is 8. The number of hydrogen-bond donors (Lipinski definition) is 2. The first-order valence-corrected chi connectivity index (χ1v) is 12.4. The first kappa shape index (κ1) is 23.5. The maximum Gasteiger partial charge on any atom is 0.335 e. The molecule has 3 aromatic rings. The molecule has 0 amide bonds. The summed E-state index contributed by atoms with van der Waals surface area (Å²) >= 11 is 0. The molecule has 0 saturated heterocycles. The van der Waals surface area contributed by atoms with Gasteiger partial charge in [-0.15, -0.1) is 0 Å². The molecule has 0 spiro atoms. The Morgan fingerprint density at radius 1 is 0.938 bits per heavy atom. The lowest BCUT2D eigenvalue weighted by Gasteiger charge is -2.18. The van der Waals surface area contributed by atoms with E-state index in [1.807, 2.05) is 30.3 Å². The maximum atomic E-state index is 12.8. The van der Waals surface area contributed by atoms with Crippen molar-refractivity contribution in [1.29, 1.82) is 0 Å². The Bertz CT molecular complexity index is 1340. The number of sulfonamides is 2. The van der Waals surface area contributed by atoms with Gasteiger partial charge >= 0.3 is 5.97 Å². The minimum absolute atomic E-state index is 0.0166. The van der Waals surface area contributed by atoms with Gasteiger partial charge in [-0.1, -0.05) is 36.4 Å². The van der Waals surface area contributed by atoms with E-state index in [2.05, 4.69) is 4.72 Å². The van der Waals surface area contributed by atoms with Crippen molar-refractivity contribution >= 4 is 31.7 Å². The normalized spacial score (nSPS) is 12.0. The first-order chi connectivity index (χ1) is 15.0. The smallest absolute Gasteiger partial charge is 0.335 e. The highest BCUT2D eigenvalue weighted by molar-refractivity contribution is 7.92. The van der Waals surface area contributed by atoms with Crippen LogP contribution in [-0.4, -0.2) is 39.3 Å². The van der Waals surface area contributed by atoms with Gasteiger partial charge in [-0.25, -0.2) is 21.6 Å². The van der Waals surface area contributed by atoms with Crippen molar-refractivity contribution in [3.05, 3.63) is 89.5 Å². The Hall–Kier alpha value is -3.21. The number of anilines is 1. The highest BCUT2D eigenvalue weighted by Gasteiger charge is 2.22. The van der Waals surface area contributed by atoms with Crippen molar-refractivity contribution in [2.75, 3.05) is 11.8 Å². The maximum absolute atomic E-state index is 12.8. The van der Waals surface area contributed by atoms with Crippen molar-refractivity contribution in [2.24, 2.45) is 0 Å². The van der Waals surface area contributed by atoms with Crippen LogP contribution in [0.3, 0.4) is 0 Å². The molecule has 0 aliphatic heterocycles. The fourth-order valence-electron chi connectivity index (χ4n) is 3.03. The van der Waals surface area contributed by atoms with Crippen LogP contribution in [-0.2, 0) is 26.6 Å². The molecule has 0 heterocycles. The quantitative estimate of drug-likeness (QED) is 0.517. The van der Waals surface area contributed by atoms with E-state index in [1.165, 1.54) is 47.8 Å². The molecule has 0 fully saturated rings. The molecule has 168 valence electrons. The second kappa shape index (κ2) is 9.11. The molecule has 0 aliphatic rings. The van der Waals surface area contributed by atoms with E-state index in [0.717, 1.165) is 11.6 Å². The largest absolute Gasteiger partial charge is 0.478 e. The third kappa shape index (κ3) is 5.16. The molecular weight excluding hydrogens is 452 g/mol. The molecule has 10 heteroatoms. The predicted octanol–water partition coefficient (Wildman–Crippen LogP) is 3.31. The molecule has 3 aromatic carbocycles. The summed E-state index contributed by atoms with van der Waals surface area (Å²) in [6.45, 7) is 1.75. The van der Waals surface area contributed by atoms with E-state index in [4.69, 9.17) is 5.11 Å². The molecule has 0 aliphatic carbocycles. The third-order valence-electron chi connectivity index (χ3n) is 4.79. The highest BCUT2D eigenvalue weighted by atomic mass is 32.2. The number of hydrogen-bond acceptors (Lipinski definition) is 5. The minimum atomic E-state index is -4.08. The molecule has 0 atom stereocenters. The Labute approximate surface area is 187 Å². The molecular formula is C22H22N2O6S2. The Kier molecular flexibility index (Phi) is 6.68. The lowest BCUT2D eigenvalue weighted by atomic mass is 10.1. The van der Waals surface area contributed by atoms with E-state index < -0.39 is 26.0 Å². The van der Waals surface area contributed by atoms with Crippen LogP contribution in [0.15, 0.2) is 82.6 Å². The zero-order valence-corrected chi connectivity index (χ0v) is 19.0. The molecule has 0 unspecified atom stereocenters. The van der Waals surface area contributed by atoms with E-state index >= 15 is 0 Å². The number of carboxylic acids is 1. The van der Waals surface area contributed by atoms with Crippen LogP contribution in [0.4, 0.5) is 5.69 Å². The van der Waals surface area contributed by atoms with Gasteiger partial charge in [-0.2, -0.15) is 4.31 Å². The monoisotopic (exact) mass is 474 g/mol. The SMILES string of the molecule is Cc1ccc(C(=O)O)cc1S(=O)(=O)Nc1ccc(S(=O)(=O)N(C)Cc2ccccc2)cc1. The molecule has 0 bridgehead atoms. The van der Waals surface area contributed by atoms with Crippen LogP contribution >= 0.6 is 0 Å². The Morgan fingerprint density at radius 2 is 1.56 bits per heavy atom. The average molecular weight is 475 g/mol. The van der Waals surface area contributed by atoms with E-state index in [9.17, 15) is 21.6 Å². The van der Waals surface area contributed by atoms with Crippen LogP contribution in [0.1, 0.15) is 21.5 Å². The fraction of sp³-hybridized carbons (Fsp3) is 0.136. The van der Waals surface area contributed by atoms with Gasteiger partial charge in [0.15, 0.2) is 0 Å². The number of nitrogens with zero attached hydrogens (tertiary/aromatic N) is 1. The zero-order chi connectivity index (χ0) is 23.5. The number of benzene rings is 3. The van der Waals surface area contributed by atoms with Crippen molar-refractivity contribution in [3.8, 4) is 0 Å². The summed E-state index contributed by atoms with van der Waals surface area (Å²) in [5.41, 5.74) is 1.21. The fourth-order valence-corrected chi connectivity index (χ4v) is 5.52. The van der Waals surface area contributed by atoms with Gasteiger partial charge in [0.1, 0.15) is 0 Å². The first-order valence-electron chi connectivity index (χ1n) is 9.48. The summed E-state index contributed by atoms with van der Waals surface area (Å²) in [6, 6.07) is 18.3. The van der Waals surface area contributed by atoms with Gasteiger partial charge in [-0.05, 0) is 54.4 Å². The van der Waals surface area contributed by atoms with Gasteiger partial charge in [-0.3, -0.25) is 4.72 Å². The topological polar surface area (TPSA) is 121 Å². The van der Waals surface area contributed by atoms with Gasteiger partial charge in [0.25, 0.3) is 10.0 Å². The summed E-state index contributed by atoms with van der Waals surface area (Å²) in [5.74, 6) is -1.24. The third-order valence-corrected chi connectivity index (χ3v) is 8.13. The van der Waals surface area contributed by atoms with Crippen LogP contribution in [0.25, 0.3) is 0 Å². The van der Waals surface area contributed by atoms with Crippen LogP contribution in [0, 0.1) is 6.92 Å². The van der Waals surface area contributed by atoms with Crippen molar-refractivity contribution in [2.45, 2.75) is 23.3 Å². The molecule has 0 aromatic heterocycles. The predicted molar refractivity (Wildman–Crippen MR) is 120 cm³/mol. The number of aryl methyl sites for hydroxylation is 1. The lowest BCUT2D eigenvalue weighted by Crippen LogP contribution is -2.26. The Morgan fingerprint density at radius 3 is 2.16 bits per heavy atom. The Balaban J connectivity index is 1.81. The van der Waals surface area contributed by atoms with Crippen molar-refractivity contribution < 1.29 is 26.7 Å². The highest BCUT2D eigenvalue weighted by Crippen LogP contribution is 2.23. The second-order valence-corrected chi connectivity index (χ2v) is 10.9. The van der Waals surface area contributed by atoms with Crippen LogP contribution < -0.4 is 4.72 Å². The minimum Gasteiger partial charge on any atom is -0.478 e. The van der Waals surface area contributed by atoms with Crippen molar-refractivity contribution in [1.82, 2.24) is 4.31 Å². The summed E-state index contributed by atoms with van der Waals surface area (Å²) in [6.07, 6.45) is 0. The van der Waals surface area contributed by atoms with E-state index in [-0.39, 0.29) is 27.6 Å². The number of nitrogens with one attached hydrogen (secondary N) is 1. The molecule has 3 rings (SSSR count). The number of carboxylic acid groups (broad SMARTS) is 1. The second-order valence-electron chi connectivity index (χ2n) is 7.16. The molecule has 8 nitrogen and oxygen atoms in total. The van der Waals surface area contributed by atoms with Crippen molar-refractivity contribution in [3.63, 3.8) is 0 Å². The molecule has 0 saturated carbocycles. The lowest BCUT2D eigenvalue weighted by molar-refractivity contribution is 0.0696. The number of aromatic carboxylic acids is 1. The van der Waals surface area contributed by atoms with Gasteiger partial charge in [0.2, 0.25) is 10.0 Å². The zero-order valence-electron chi connectivity index (χ0n) is 17.4. The number of carbonyl (C=O) groups is 1. The van der Waals surface area contributed by atoms with Gasteiger partial charge in [0.05, 0.1) is 15.4 Å². The van der Waals surface area contributed by atoms with E-state index in [1.54, 1.807) is 6.92 Å².